The quantitative estimate of drug-likeness (QED) is 0.478. The number of hydrogen-bond acceptors (Lipinski definition) is 5. The first-order valence-electron chi connectivity index (χ1n) is 8.40. The van der Waals surface area contributed by atoms with Crippen molar-refractivity contribution in [1.29, 1.82) is 0 Å². The van der Waals surface area contributed by atoms with Gasteiger partial charge < -0.3 is 21.5 Å². The van der Waals surface area contributed by atoms with Crippen molar-refractivity contribution in [3.63, 3.8) is 0 Å². The molecular formula is C16H29N3O4S. The van der Waals surface area contributed by atoms with Crippen LogP contribution in [0.25, 0.3) is 0 Å². The maximum absolute atomic E-state index is 12.3. The van der Waals surface area contributed by atoms with E-state index >= 15 is 0 Å². The summed E-state index contributed by atoms with van der Waals surface area (Å²) < 4.78 is 0. The number of hydrogen-bond donors (Lipinski definition) is 4. The average Bonchev–Trinajstić information content (AvgIpc) is 2.56. The summed E-state index contributed by atoms with van der Waals surface area (Å²) in [6.07, 6.45) is 5.48. The molecule has 2 unspecified atom stereocenters. The van der Waals surface area contributed by atoms with Crippen molar-refractivity contribution in [2.45, 2.75) is 51.1 Å². The predicted octanol–water partition coefficient (Wildman–Crippen LogP) is 0.579. The van der Waals surface area contributed by atoms with Crippen LogP contribution >= 0.6 is 11.8 Å². The maximum Gasteiger partial charge on any atom is 0.326 e. The first kappa shape index (κ1) is 20.8. The first-order valence-corrected chi connectivity index (χ1v) is 9.80. The van der Waals surface area contributed by atoms with Crippen LogP contribution in [0, 0.1) is 11.8 Å². The van der Waals surface area contributed by atoms with E-state index in [1.165, 1.54) is 0 Å². The molecule has 1 aliphatic carbocycles. The fourth-order valence-electron chi connectivity index (χ4n) is 2.82. The Morgan fingerprint density at radius 3 is 2.38 bits per heavy atom. The zero-order chi connectivity index (χ0) is 18.1. The molecule has 0 heterocycles. The van der Waals surface area contributed by atoms with Gasteiger partial charge in [-0.05, 0) is 57.0 Å². The molecule has 0 bridgehead atoms. The van der Waals surface area contributed by atoms with Gasteiger partial charge in [-0.2, -0.15) is 11.8 Å². The first-order chi connectivity index (χ1) is 11.3. The van der Waals surface area contributed by atoms with E-state index in [1.807, 2.05) is 6.26 Å². The van der Waals surface area contributed by atoms with Crippen molar-refractivity contribution in [3.8, 4) is 0 Å². The molecular weight excluding hydrogens is 330 g/mol. The molecule has 1 fully saturated rings. The lowest BCUT2D eigenvalue weighted by atomic mass is 9.81. The SMILES string of the molecule is CSCCC(NC(=O)C1CCC(CNC(=O)C(C)N)CC1)C(=O)O. The molecule has 0 aromatic rings. The molecule has 24 heavy (non-hydrogen) atoms. The van der Waals surface area contributed by atoms with Crippen LogP contribution < -0.4 is 16.4 Å². The van der Waals surface area contributed by atoms with Gasteiger partial charge in [-0.25, -0.2) is 4.79 Å². The highest BCUT2D eigenvalue weighted by molar-refractivity contribution is 7.98. The predicted molar refractivity (Wildman–Crippen MR) is 94.7 cm³/mol. The highest BCUT2D eigenvalue weighted by Gasteiger charge is 2.29. The molecule has 8 heteroatoms. The van der Waals surface area contributed by atoms with Crippen LogP contribution in [0.3, 0.4) is 0 Å². The minimum Gasteiger partial charge on any atom is -0.480 e. The van der Waals surface area contributed by atoms with Crippen molar-refractivity contribution in [2.75, 3.05) is 18.6 Å². The zero-order valence-corrected chi connectivity index (χ0v) is 15.2. The van der Waals surface area contributed by atoms with Gasteiger partial charge in [-0.3, -0.25) is 9.59 Å². The molecule has 0 radical (unpaired) electrons. The minimum atomic E-state index is -0.982. The number of carbonyl (C=O) groups excluding carboxylic acids is 2. The molecule has 0 aromatic carbocycles. The van der Waals surface area contributed by atoms with Crippen LogP contribution in [0.1, 0.15) is 39.0 Å². The minimum absolute atomic E-state index is 0.137. The van der Waals surface area contributed by atoms with Crippen molar-refractivity contribution in [1.82, 2.24) is 10.6 Å². The van der Waals surface area contributed by atoms with Gasteiger partial charge in [0.25, 0.3) is 0 Å². The van der Waals surface area contributed by atoms with E-state index in [1.54, 1.807) is 18.7 Å². The van der Waals surface area contributed by atoms with Gasteiger partial charge in [0.1, 0.15) is 6.04 Å². The molecule has 1 rings (SSSR count). The Morgan fingerprint density at radius 1 is 1.25 bits per heavy atom. The van der Waals surface area contributed by atoms with Crippen molar-refractivity contribution >= 4 is 29.5 Å². The molecule has 5 N–H and O–H groups in total. The lowest BCUT2D eigenvalue weighted by Gasteiger charge is -2.29. The Morgan fingerprint density at radius 2 is 1.88 bits per heavy atom. The third-order valence-electron chi connectivity index (χ3n) is 4.42. The summed E-state index contributed by atoms with van der Waals surface area (Å²) in [5.74, 6) is -0.396. The third-order valence-corrected chi connectivity index (χ3v) is 5.07. The lowest BCUT2D eigenvalue weighted by Crippen LogP contribution is -2.45. The lowest BCUT2D eigenvalue weighted by molar-refractivity contribution is -0.142. The smallest absolute Gasteiger partial charge is 0.326 e. The number of rotatable bonds is 9. The molecule has 7 nitrogen and oxygen atoms in total. The number of amides is 2. The van der Waals surface area contributed by atoms with Crippen molar-refractivity contribution in [3.05, 3.63) is 0 Å². The summed E-state index contributed by atoms with van der Waals surface area (Å²) in [6, 6.07) is -1.32. The number of nitrogens with one attached hydrogen (secondary N) is 2. The molecule has 0 aliphatic heterocycles. The summed E-state index contributed by atoms with van der Waals surface area (Å²) in [7, 11) is 0. The van der Waals surface area contributed by atoms with Gasteiger partial charge in [0.15, 0.2) is 0 Å². The number of aliphatic carboxylic acids is 1. The van der Waals surface area contributed by atoms with E-state index in [-0.39, 0.29) is 17.7 Å². The molecule has 0 aromatic heterocycles. The van der Waals surface area contributed by atoms with Crippen LogP contribution in [0.2, 0.25) is 0 Å². The number of nitrogens with two attached hydrogens (primary N) is 1. The monoisotopic (exact) mass is 359 g/mol. The van der Waals surface area contributed by atoms with E-state index in [0.717, 1.165) is 25.7 Å². The van der Waals surface area contributed by atoms with Crippen LogP contribution in [-0.4, -0.2) is 53.5 Å². The van der Waals surface area contributed by atoms with Crippen LogP contribution in [0.5, 0.6) is 0 Å². The number of carboxylic acids is 1. The largest absolute Gasteiger partial charge is 0.480 e. The summed E-state index contributed by atoms with van der Waals surface area (Å²) in [5.41, 5.74) is 5.50. The molecule has 0 saturated heterocycles. The number of carboxylic acid groups (broad SMARTS) is 1. The van der Waals surface area contributed by atoms with Gasteiger partial charge in [0.05, 0.1) is 6.04 Å². The van der Waals surface area contributed by atoms with E-state index in [4.69, 9.17) is 5.73 Å². The molecule has 138 valence electrons. The molecule has 1 aliphatic rings. The van der Waals surface area contributed by atoms with E-state index < -0.39 is 18.1 Å². The number of carbonyl (C=O) groups is 3. The van der Waals surface area contributed by atoms with Gasteiger partial charge in [0.2, 0.25) is 11.8 Å². The zero-order valence-electron chi connectivity index (χ0n) is 14.4. The Bertz CT molecular complexity index is 437. The molecule has 0 spiro atoms. The summed E-state index contributed by atoms with van der Waals surface area (Å²) >= 11 is 1.56. The van der Waals surface area contributed by atoms with E-state index in [0.29, 0.717) is 24.6 Å². The highest BCUT2D eigenvalue weighted by Crippen LogP contribution is 2.28. The topological polar surface area (TPSA) is 122 Å². The van der Waals surface area contributed by atoms with Crippen molar-refractivity contribution in [2.24, 2.45) is 17.6 Å². The van der Waals surface area contributed by atoms with Gasteiger partial charge >= 0.3 is 5.97 Å². The second-order valence-electron chi connectivity index (χ2n) is 6.43. The Kier molecular flexibility index (Phi) is 9.13. The number of thioether (sulfide) groups is 1. The van der Waals surface area contributed by atoms with Crippen LogP contribution in [0.4, 0.5) is 0 Å². The third kappa shape index (κ3) is 7.09. The second-order valence-corrected chi connectivity index (χ2v) is 7.42. The maximum atomic E-state index is 12.3. The van der Waals surface area contributed by atoms with Gasteiger partial charge in [-0.1, -0.05) is 0 Å². The second kappa shape index (κ2) is 10.6. The fourth-order valence-corrected chi connectivity index (χ4v) is 3.29. The Labute approximate surface area is 147 Å². The fraction of sp³-hybridized carbons (Fsp3) is 0.812. The van der Waals surface area contributed by atoms with Crippen LogP contribution in [-0.2, 0) is 14.4 Å². The summed E-state index contributed by atoms with van der Waals surface area (Å²) in [4.78, 5) is 34.9. The molecule has 1 saturated carbocycles. The highest BCUT2D eigenvalue weighted by atomic mass is 32.2. The normalized spacial score (nSPS) is 23.1. The van der Waals surface area contributed by atoms with E-state index in [2.05, 4.69) is 10.6 Å². The summed E-state index contributed by atoms with van der Waals surface area (Å²) in [6.45, 7) is 2.23. The Hall–Kier alpha value is -1.28. The van der Waals surface area contributed by atoms with Gasteiger partial charge in [0, 0.05) is 12.5 Å². The standard InChI is InChI=1S/C16H29N3O4S/c1-10(17)14(20)18-9-11-3-5-12(6-4-11)15(21)19-13(16(22)23)7-8-24-2/h10-13H,3-9,17H2,1-2H3,(H,18,20)(H,19,21)(H,22,23). The average molecular weight is 359 g/mol. The summed E-state index contributed by atoms with van der Waals surface area (Å²) in [5, 5.41) is 14.7. The van der Waals surface area contributed by atoms with Gasteiger partial charge in [-0.15, -0.1) is 0 Å². The Balaban J connectivity index is 2.36. The molecule has 2 amide bonds. The van der Waals surface area contributed by atoms with Crippen LogP contribution in [0.15, 0.2) is 0 Å². The van der Waals surface area contributed by atoms with Crippen molar-refractivity contribution < 1.29 is 19.5 Å². The molecule has 2 atom stereocenters. The van der Waals surface area contributed by atoms with E-state index in [9.17, 15) is 19.5 Å².